The van der Waals surface area contributed by atoms with Crippen LogP contribution in [-0.4, -0.2) is 22.4 Å². The van der Waals surface area contributed by atoms with E-state index < -0.39 is 0 Å². The van der Waals surface area contributed by atoms with Gasteiger partial charge >= 0.3 is 0 Å². The average molecular weight is 278 g/mol. The Morgan fingerprint density at radius 3 is 2.60 bits per heavy atom. The van der Waals surface area contributed by atoms with E-state index in [0.717, 1.165) is 18.8 Å². The highest BCUT2D eigenvalue weighted by Gasteiger charge is 2.64. The third-order valence-electron chi connectivity index (χ3n) is 7.77. The molecule has 0 aliphatic heterocycles. The van der Waals surface area contributed by atoms with Crippen molar-refractivity contribution in [2.24, 2.45) is 28.6 Å². The van der Waals surface area contributed by atoms with Gasteiger partial charge in [0.15, 0.2) is 0 Å². The summed E-state index contributed by atoms with van der Waals surface area (Å²) < 4.78 is 0. The van der Waals surface area contributed by atoms with Crippen LogP contribution >= 0.6 is 0 Å². The third kappa shape index (κ3) is 1.76. The molecule has 4 saturated carbocycles. The molecular formula is C18H30O2. The normalized spacial score (nSPS) is 58.0. The lowest BCUT2D eigenvalue weighted by Crippen LogP contribution is -2.57. The number of fused-ring (bicyclic) bond motifs is 5. The SMILES string of the molecule is CC12CCCC(O)(C1)C1CC3(CCC(CO)C3)C1CC2. The molecule has 20 heavy (non-hydrogen) atoms. The minimum Gasteiger partial charge on any atom is -0.396 e. The van der Waals surface area contributed by atoms with Gasteiger partial charge in [0.05, 0.1) is 5.60 Å². The van der Waals surface area contributed by atoms with E-state index in [1.54, 1.807) is 0 Å². The minimum atomic E-state index is -0.350. The van der Waals surface area contributed by atoms with Crippen molar-refractivity contribution in [3.63, 3.8) is 0 Å². The molecular weight excluding hydrogens is 248 g/mol. The maximum absolute atomic E-state index is 11.3. The van der Waals surface area contributed by atoms with Crippen molar-refractivity contribution in [3.8, 4) is 0 Å². The van der Waals surface area contributed by atoms with Gasteiger partial charge in [0, 0.05) is 6.61 Å². The maximum Gasteiger partial charge on any atom is 0.0684 e. The summed E-state index contributed by atoms with van der Waals surface area (Å²) in [4.78, 5) is 0. The Morgan fingerprint density at radius 1 is 1.00 bits per heavy atom. The van der Waals surface area contributed by atoms with Crippen LogP contribution in [0.2, 0.25) is 0 Å². The molecule has 0 heterocycles. The second kappa shape index (κ2) is 4.23. The van der Waals surface area contributed by atoms with Crippen LogP contribution in [0.4, 0.5) is 0 Å². The first kappa shape index (κ1) is 13.6. The number of aliphatic hydroxyl groups is 2. The lowest BCUT2D eigenvalue weighted by molar-refractivity contribution is -0.171. The first-order valence-corrected chi connectivity index (χ1v) is 8.82. The largest absolute Gasteiger partial charge is 0.396 e. The van der Waals surface area contributed by atoms with Crippen molar-refractivity contribution >= 4 is 0 Å². The number of hydrogen-bond donors (Lipinski definition) is 2. The van der Waals surface area contributed by atoms with E-state index in [4.69, 9.17) is 0 Å². The molecule has 4 aliphatic rings. The zero-order valence-electron chi connectivity index (χ0n) is 12.9. The summed E-state index contributed by atoms with van der Waals surface area (Å²) in [5, 5.41) is 20.7. The Labute approximate surface area is 123 Å². The molecule has 4 aliphatic carbocycles. The summed E-state index contributed by atoms with van der Waals surface area (Å²) in [5.41, 5.74) is 0.554. The fourth-order valence-corrected chi connectivity index (χ4v) is 6.79. The monoisotopic (exact) mass is 278 g/mol. The first-order chi connectivity index (χ1) is 9.49. The van der Waals surface area contributed by atoms with Gasteiger partial charge in [-0.3, -0.25) is 0 Å². The van der Waals surface area contributed by atoms with E-state index in [-0.39, 0.29) is 5.60 Å². The zero-order chi connectivity index (χ0) is 14.0. The van der Waals surface area contributed by atoms with Crippen LogP contribution in [0, 0.1) is 28.6 Å². The summed E-state index contributed by atoms with van der Waals surface area (Å²) in [6.07, 6.45) is 12.3. The molecule has 0 radical (unpaired) electrons. The molecule has 0 saturated heterocycles. The van der Waals surface area contributed by atoms with Crippen molar-refractivity contribution in [1.29, 1.82) is 0 Å². The topological polar surface area (TPSA) is 40.5 Å². The fourth-order valence-electron chi connectivity index (χ4n) is 6.79. The van der Waals surface area contributed by atoms with Gasteiger partial charge in [-0.1, -0.05) is 13.3 Å². The summed E-state index contributed by atoms with van der Waals surface area (Å²) in [7, 11) is 0. The highest BCUT2D eigenvalue weighted by molar-refractivity contribution is 5.14. The molecule has 0 amide bonds. The van der Waals surface area contributed by atoms with Gasteiger partial charge in [0.1, 0.15) is 0 Å². The Kier molecular flexibility index (Phi) is 2.87. The summed E-state index contributed by atoms with van der Waals surface area (Å²) >= 11 is 0. The Balaban J connectivity index is 1.59. The van der Waals surface area contributed by atoms with Gasteiger partial charge in [-0.05, 0) is 86.4 Å². The molecule has 6 unspecified atom stereocenters. The lowest BCUT2D eigenvalue weighted by atomic mass is 9.47. The molecule has 4 fully saturated rings. The highest BCUT2D eigenvalue weighted by atomic mass is 16.3. The molecule has 2 bridgehead atoms. The Bertz CT molecular complexity index is 408. The van der Waals surface area contributed by atoms with Gasteiger partial charge in [-0.25, -0.2) is 0 Å². The van der Waals surface area contributed by atoms with E-state index in [9.17, 15) is 10.2 Å². The third-order valence-corrected chi connectivity index (χ3v) is 7.77. The van der Waals surface area contributed by atoms with Gasteiger partial charge in [-0.2, -0.15) is 0 Å². The van der Waals surface area contributed by atoms with Crippen LogP contribution in [-0.2, 0) is 0 Å². The lowest BCUT2D eigenvalue weighted by Gasteiger charge is -2.59. The summed E-state index contributed by atoms with van der Waals surface area (Å²) in [5.74, 6) is 1.87. The smallest absolute Gasteiger partial charge is 0.0684 e. The van der Waals surface area contributed by atoms with Crippen molar-refractivity contribution in [2.75, 3.05) is 6.61 Å². The molecule has 114 valence electrons. The molecule has 4 rings (SSSR count). The Hall–Kier alpha value is -0.0800. The maximum atomic E-state index is 11.3. The van der Waals surface area contributed by atoms with Gasteiger partial charge in [0.25, 0.3) is 0 Å². The quantitative estimate of drug-likeness (QED) is 0.770. The fraction of sp³-hybridized carbons (Fsp3) is 1.00. The Morgan fingerprint density at radius 2 is 1.85 bits per heavy atom. The molecule has 2 N–H and O–H groups in total. The van der Waals surface area contributed by atoms with Crippen LogP contribution < -0.4 is 0 Å². The second-order valence-corrected chi connectivity index (χ2v) is 9.05. The zero-order valence-corrected chi connectivity index (χ0v) is 12.9. The standard InChI is InChI=1S/C18H30O2/c1-16-5-2-6-18(20,12-16)15-10-17(14(15)4-7-16)8-3-13(9-17)11-19/h13-15,19-20H,2-12H2,1H3. The molecule has 1 spiro atoms. The van der Waals surface area contributed by atoms with Gasteiger partial charge in [0.2, 0.25) is 0 Å². The van der Waals surface area contributed by atoms with E-state index in [2.05, 4.69) is 6.92 Å². The average Bonchev–Trinajstić information content (AvgIpc) is 2.79. The van der Waals surface area contributed by atoms with Crippen LogP contribution in [0.25, 0.3) is 0 Å². The summed E-state index contributed by atoms with van der Waals surface area (Å²) in [6, 6.07) is 0. The van der Waals surface area contributed by atoms with Gasteiger partial charge < -0.3 is 10.2 Å². The van der Waals surface area contributed by atoms with E-state index >= 15 is 0 Å². The van der Waals surface area contributed by atoms with Crippen molar-refractivity contribution < 1.29 is 10.2 Å². The van der Waals surface area contributed by atoms with Crippen molar-refractivity contribution in [1.82, 2.24) is 0 Å². The van der Waals surface area contributed by atoms with E-state index in [1.165, 1.54) is 51.4 Å². The van der Waals surface area contributed by atoms with E-state index in [1.807, 2.05) is 0 Å². The molecule has 0 aromatic heterocycles. The second-order valence-electron chi connectivity index (χ2n) is 9.05. The van der Waals surface area contributed by atoms with E-state index in [0.29, 0.717) is 29.3 Å². The first-order valence-electron chi connectivity index (χ1n) is 8.82. The van der Waals surface area contributed by atoms with Crippen molar-refractivity contribution in [2.45, 2.75) is 76.7 Å². The van der Waals surface area contributed by atoms with Gasteiger partial charge in [-0.15, -0.1) is 0 Å². The molecule has 0 aromatic carbocycles. The van der Waals surface area contributed by atoms with Crippen molar-refractivity contribution in [3.05, 3.63) is 0 Å². The van der Waals surface area contributed by atoms with Crippen LogP contribution in [0.1, 0.15) is 71.1 Å². The van der Waals surface area contributed by atoms with Crippen LogP contribution in [0.15, 0.2) is 0 Å². The predicted octanol–water partition coefficient (Wildman–Crippen LogP) is 3.51. The molecule has 2 nitrogen and oxygen atoms in total. The molecule has 0 aromatic rings. The summed E-state index contributed by atoms with van der Waals surface area (Å²) in [6.45, 7) is 2.79. The number of aliphatic hydroxyl groups excluding tert-OH is 1. The molecule has 2 heteroatoms. The van der Waals surface area contributed by atoms with Crippen LogP contribution in [0.3, 0.4) is 0 Å². The predicted molar refractivity (Wildman–Crippen MR) is 79.2 cm³/mol. The minimum absolute atomic E-state index is 0.350. The number of rotatable bonds is 1. The molecule has 6 atom stereocenters. The number of hydrogen-bond acceptors (Lipinski definition) is 2. The van der Waals surface area contributed by atoms with Crippen LogP contribution in [0.5, 0.6) is 0 Å². The highest BCUT2D eigenvalue weighted by Crippen LogP contribution is 2.69.